The number of hydrogen-bond acceptors (Lipinski definition) is 2. The van der Waals surface area contributed by atoms with E-state index in [0.717, 1.165) is 18.4 Å². The predicted molar refractivity (Wildman–Crippen MR) is 80.4 cm³/mol. The number of unbranched alkanes of at least 4 members (excludes halogenated alkanes) is 3. The van der Waals surface area contributed by atoms with E-state index in [0.29, 0.717) is 12.2 Å². The molecule has 3 N–H and O–H groups in total. The number of nitrogens with one attached hydrogen (secondary N) is 1. The summed E-state index contributed by atoms with van der Waals surface area (Å²) in [4.78, 5) is 0. The molecule has 0 fully saturated rings. The van der Waals surface area contributed by atoms with Gasteiger partial charge in [-0.1, -0.05) is 32.6 Å². The Morgan fingerprint density at radius 3 is 2.70 bits per heavy atom. The molecule has 0 bridgehead atoms. The number of halogens is 1. The van der Waals surface area contributed by atoms with E-state index in [-0.39, 0.29) is 17.8 Å². The van der Waals surface area contributed by atoms with E-state index in [2.05, 4.69) is 6.92 Å². The molecule has 3 nitrogen and oxygen atoms in total. The van der Waals surface area contributed by atoms with Crippen LogP contribution in [-0.2, 0) is 11.3 Å². The third-order valence-electron chi connectivity index (χ3n) is 3.27. The maximum absolute atomic E-state index is 13.4. The van der Waals surface area contributed by atoms with Crippen molar-refractivity contribution in [1.29, 1.82) is 5.41 Å². The van der Waals surface area contributed by atoms with Crippen molar-refractivity contribution in [3.05, 3.63) is 35.1 Å². The first-order valence-electron chi connectivity index (χ1n) is 7.28. The Hall–Kier alpha value is -1.42. The van der Waals surface area contributed by atoms with E-state index in [9.17, 15) is 4.39 Å². The minimum Gasteiger partial charge on any atom is -0.384 e. The fraction of sp³-hybridized carbons (Fsp3) is 0.562. The van der Waals surface area contributed by atoms with E-state index in [1.54, 1.807) is 6.07 Å². The van der Waals surface area contributed by atoms with Crippen LogP contribution in [0.25, 0.3) is 0 Å². The van der Waals surface area contributed by atoms with Crippen molar-refractivity contribution >= 4 is 5.84 Å². The average Bonchev–Trinajstić information content (AvgIpc) is 2.40. The minimum atomic E-state index is -0.383. The Morgan fingerprint density at radius 2 is 2.05 bits per heavy atom. The first kappa shape index (κ1) is 16.6. The molecule has 0 saturated heterocycles. The van der Waals surface area contributed by atoms with Gasteiger partial charge in [0.2, 0.25) is 0 Å². The topological polar surface area (TPSA) is 59.1 Å². The summed E-state index contributed by atoms with van der Waals surface area (Å²) in [6, 6.07) is 4.39. The maximum Gasteiger partial charge on any atom is 0.124 e. The lowest BCUT2D eigenvalue weighted by atomic mass is 10.1. The third-order valence-corrected chi connectivity index (χ3v) is 3.27. The van der Waals surface area contributed by atoms with Crippen LogP contribution in [0.2, 0.25) is 0 Å². The largest absolute Gasteiger partial charge is 0.384 e. The van der Waals surface area contributed by atoms with Crippen molar-refractivity contribution < 1.29 is 9.13 Å². The lowest BCUT2D eigenvalue weighted by Gasteiger charge is -2.13. The third kappa shape index (κ3) is 6.15. The predicted octanol–water partition coefficient (Wildman–Crippen LogP) is 3.99. The number of ether oxygens (including phenoxy) is 1. The standard InChI is InChI=1S/C16H25FN2O/c1-3-4-5-6-7-12(2)20-11-13-8-14(16(18)19)10-15(17)9-13/h8-10,12H,3-7,11H2,1-2H3,(H3,18,19). The van der Waals surface area contributed by atoms with Crippen molar-refractivity contribution in [2.45, 2.75) is 58.7 Å². The lowest BCUT2D eigenvalue weighted by molar-refractivity contribution is 0.0457. The molecule has 0 radical (unpaired) electrons. The van der Waals surface area contributed by atoms with Gasteiger partial charge in [-0.05, 0) is 37.1 Å². The quantitative estimate of drug-likeness (QED) is 0.408. The smallest absolute Gasteiger partial charge is 0.124 e. The Bertz CT molecular complexity index is 434. The van der Waals surface area contributed by atoms with E-state index >= 15 is 0 Å². The normalized spacial score (nSPS) is 12.3. The number of nitrogen functional groups attached to an aromatic ring is 1. The van der Waals surface area contributed by atoms with Crippen LogP contribution in [0.4, 0.5) is 4.39 Å². The summed E-state index contributed by atoms with van der Waals surface area (Å²) in [5, 5.41) is 7.35. The first-order chi connectivity index (χ1) is 9.52. The summed E-state index contributed by atoms with van der Waals surface area (Å²) in [7, 11) is 0. The van der Waals surface area contributed by atoms with Crippen molar-refractivity contribution in [2.75, 3.05) is 0 Å². The summed E-state index contributed by atoms with van der Waals surface area (Å²) in [5.41, 5.74) is 6.50. The molecular formula is C16H25FN2O. The highest BCUT2D eigenvalue weighted by atomic mass is 19.1. The van der Waals surface area contributed by atoms with Crippen molar-refractivity contribution in [1.82, 2.24) is 0 Å². The number of amidine groups is 1. The summed E-state index contributed by atoms with van der Waals surface area (Å²) < 4.78 is 19.1. The molecule has 0 heterocycles. The Morgan fingerprint density at radius 1 is 1.30 bits per heavy atom. The van der Waals surface area contributed by atoms with E-state index in [1.165, 1.54) is 31.4 Å². The zero-order valence-corrected chi connectivity index (χ0v) is 12.4. The molecule has 1 unspecified atom stereocenters. The molecule has 0 aliphatic rings. The monoisotopic (exact) mass is 280 g/mol. The van der Waals surface area contributed by atoms with Crippen molar-refractivity contribution in [2.24, 2.45) is 5.73 Å². The molecule has 4 heteroatoms. The number of rotatable bonds is 9. The van der Waals surface area contributed by atoms with Crippen LogP contribution in [0.15, 0.2) is 18.2 Å². The fourth-order valence-electron chi connectivity index (χ4n) is 2.07. The number of nitrogens with two attached hydrogens (primary N) is 1. The zero-order chi connectivity index (χ0) is 15.0. The number of benzene rings is 1. The molecule has 20 heavy (non-hydrogen) atoms. The van der Waals surface area contributed by atoms with Gasteiger partial charge in [-0.3, -0.25) is 5.41 Å². The average molecular weight is 280 g/mol. The zero-order valence-electron chi connectivity index (χ0n) is 12.4. The van der Waals surface area contributed by atoms with Gasteiger partial charge in [0.1, 0.15) is 11.7 Å². The lowest BCUT2D eigenvalue weighted by Crippen LogP contribution is -2.13. The van der Waals surface area contributed by atoms with Gasteiger partial charge in [0.15, 0.2) is 0 Å². The molecule has 0 aliphatic heterocycles. The summed E-state index contributed by atoms with van der Waals surface area (Å²) >= 11 is 0. The molecule has 1 aromatic carbocycles. The van der Waals surface area contributed by atoms with Crippen LogP contribution in [0, 0.1) is 11.2 Å². The maximum atomic E-state index is 13.4. The van der Waals surface area contributed by atoms with Gasteiger partial charge in [0, 0.05) is 5.56 Å². The molecule has 0 aliphatic carbocycles. The molecule has 1 atom stereocenters. The van der Waals surface area contributed by atoms with Crippen molar-refractivity contribution in [3.63, 3.8) is 0 Å². The molecule has 0 amide bonds. The number of hydrogen-bond donors (Lipinski definition) is 2. The highest BCUT2D eigenvalue weighted by molar-refractivity contribution is 5.95. The van der Waals surface area contributed by atoms with E-state index < -0.39 is 0 Å². The molecule has 0 saturated carbocycles. The van der Waals surface area contributed by atoms with Gasteiger partial charge >= 0.3 is 0 Å². The van der Waals surface area contributed by atoms with Gasteiger partial charge in [-0.25, -0.2) is 4.39 Å². The fourth-order valence-corrected chi connectivity index (χ4v) is 2.07. The van der Waals surface area contributed by atoms with Gasteiger partial charge in [-0.15, -0.1) is 0 Å². The summed E-state index contributed by atoms with van der Waals surface area (Å²) in [6.07, 6.45) is 6.07. The minimum absolute atomic E-state index is 0.127. The van der Waals surface area contributed by atoms with Crippen LogP contribution in [-0.4, -0.2) is 11.9 Å². The summed E-state index contributed by atoms with van der Waals surface area (Å²) in [6.45, 7) is 4.58. The van der Waals surface area contributed by atoms with E-state index in [4.69, 9.17) is 15.9 Å². The Kier molecular flexibility index (Phi) is 7.23. The van der Waals surface area contributed by atoms with E-state index in [1.807, 2.05) is 6.92 Å². The highest BCUT2D eigenvalue weighted by Gasteiger charge is 2.06. The first-order valence-corrected chi connectivity index (χ1v) is 7.28. The van der Waals surface area contributed by atoms with Gasteiger partial charge in [0.05, 0.1) is 12.7 Å². The van der Waals surface area contributed by atoms with Crippen LogP contribution >= 0.6 is 0 Å². The highest BCUT2D eigenvalue weighted by Crippen LogP contribution is 2.13. The van der Waals surface area contributed by atoms with Gasteiger partial charge < -0.3 is 10.5 Å². The SMILES string of the molecule is CCCCCCC(C)OCc1cc(F)cc(C(=N)N)c1. The molecule has 1 rings (SSSR count). The molecule has 0 aromatic heterocycles. The van der Waals surface area contributed by atoms with Crippen molar-refractivity contribution in [3.8, 4) is 0 Å². The second-order valence-electron chi connectivity index (χ2n) is 5.23. The molecule has 112 valence electrons. The van der Waals surface area contributed by atoms with Gasteiger partial charge in [-0.2, -0.15) is 0 Å². The van der Waals surface area contributed by atoms with Gasteiger partial charge in [0.25, 0.3) is 0 Å². The second-order valence-corrected chi connectivity index (χ2v) is 5.23. The van der Waals surface area contributed by atoms with Crippen LogP contribution in [0.1, 0.15) is 57.1 Å². The van der Waals surface area contributed by atoms with Crippen LogP contribution < -0.4 is 5.73 Å². The van der Waals surface area contributed by atoms with Crippen LogP contribution in [0.5, 0.6) is 0 Å². The summed E-state index contributed by atoms with van der Waals surface area (Å²) in [5.74, 6) is -0.509. The molecule has 1 aromatic rings. The second kappa shape index (κ2) is 8.69. The van der Waals surface area contributed by atoms with Crippen LogP contribution in [0.3, 0.4) is 0 Å². The molecular weight excluding hydrogens is 255 g/mol. The Balaban J connectivity index is 2.42. The molecule has 0 spiro atoms. The Labute approximate surface area is 120 Å².